The van der Waals surface area contributed by atoms with Crippen LogP contribution in [0.1, 0.15) is 53.4 Å². The predicted molar refractivity (Wildman–Crippen MR) is 74.2 cm³/mol. The molecule has 0 amide bonds. The van der Waals surface area contributed by atoms with Gasteiger partial charge in [0, 0.05) is 18.6 Å². The van der Waals surface area contributed by atoms with Crippen LogP contribution in [0, 0.1) is 11.3 Å². The van der Waals surface area contributed by atoms with Crippen molar-refractivity contribution in [2.75, 3.05) is 19.6 Å². The van der Waals surface area contributed by atoms with Crippen LogP contribution in [0.15, 0.2) is 0 Å². The van der Waals surface area contributed by atoms with E-state index in [1.165, 1.54) is 38.8 Å². The highest BCUT2D eigenvalue weighted by molar-refractivity contribution is 5.01. The van der Waals surface area contributed by atoms with Crippen LogP contribution in [0.3, 0.4) is 0 Å². The Morgan fingerprint density at radius 2 is 2.06 bits per heavy atom. The summed E-state index contributed by atoms with van der Waals surface area (Å²) in [5.41, 5.74) is 0.474. The molecule has 0 bridgehead atoms. The number of likely N-dealkylation sites (N-methyl/N-ethyl adjacent to an activating group) is 1. The molecule has 2 aliphatic rings. The first-order chi connectivity index (χ1) is 8.04. The zero-order chi connectivity index (χ0) is 12.5. The van der Waals surface area contributed by atoms with Gasteiger partial charge in [0.25, 0.3) is 0 Å². The highest BCUT2D eigenvalue weighted by Crippen LogP contribution is 2.40. The molecule has 2 rings (SSSR count). The summed E-state index contributed by atoms with van der Waals surface area (Å²) in [7, 11) is 0. The molecular formula is C15H30N2. The minimum Gasteiger partial charge on any atom is -0.312 e. The first-order valence-corrected chi connectivity index (χ1v) is 7.52. The van der Waals surface area contributed by atoms with Crippen LogP contribution in [-0.4, -0.2) is 36.6 Å². The first-order valence-electron chi connectivity index (χ1n) is 7.52. The van der Waals surface area contributed by atoms with E-state index in [4.69, 9.17) is 0 Å². The van der Waals surface area contributed by atoms with Gasteiger partial charge < -0.3 is 5.32 Å². The van der Waals surface area contributed by atoms with Crippen molar-refractivity contribution in [3.63, 3.8) is 0 Å². The molecule has 1 aliphatic heterocycles. The van der Waals surface area contributed by atoms with Gasteiger partial charge in [-0.15, -0.1) is 0 Å². The predicted octanol–water partition coefficient (Wildman–Crippen LogP) is 2.89. The summed E-state index contributed by atoms with van der Waals surface area (Å²) in [6.45, 7) is 13.3. The Labute approximate surface area is 107 Å². The van der Waals surface area contributed by atoms with E-state index in [2.05, 4.69) is 37.9 Å². The van der Waals surface area contributed by atoms with E-state index in [0.29, 0.717) is 11.5 Å². The molecule has 0 aromatic rings. The maximum atomic E-state index is 3.76. The van der Waals surface area contributed by atoms with Crippen LogP contribution in [0.5, 0.6) is 0 Å². The third-order valence-corrected chi connectivity index (χ3v) is 4.89. The van der Waals surface area contributed by atoms with Crippen LogP contribution >= 0.6 is 0 Å². The van der Waals surface area contributed by atoms with Crippen LogP contribution in [0.4, 0.5) is 0 Å². The van der Waals surface area contributed by atoms with Crippen molar-refractivity contribution >= 4 is 0 Å². The number of nitrogens with one attached hydrogen (secondary N) is 1. The molecule has 1 N–H and O–H groups in total. The lowest BCUT2D eigenvalue weighted by Crippen LogP contribution is -2.53. The van der Waals surface area contributed by atoms with Crippen molar-refractivity contribution in [3.8, 4) is 0 Å². The lowest BCUT2D eigenvalue weighted by atomic mass is 9.85. The molecule has 2 heteroatoms. The zero-order valence-corrected chi connectivity index (χ0v) is 12.1. The van der Waals surface area contributed by atoms with Gasteiger partial charge in [-0.2, -0.15) is 0 Å². The summed E-state index contributed by atoms with van der Waals surface area (Å²) >= 11 is 0. The van der Waals surface area contributed by atoms with Gasteiger partial charge in [-0.05, 0) is 50.1 Å². The third-order valence-electron chi connectivity index (χ3n) is 4.89. The normalized spacial score (nSPS) is 38.5. The molecule has 100 valence electrons. The first kappa shape index (κ1) is 13.4. The Bertz CT molecular complexity index is 249. The van der Waals surface area contributed by atoms with Crippen molar-refractivity contribution in [3.05, 3.63) is 0 Å². The van der Waals surface area contributed by atoms with Crippen LogP contribution in [-0.2, 0) is 0 Å². The lowest BCUT2D eigenvalue weighted by Gasteiger charge is -2.41. The number of hydrogen-bond acceptors (Lipinski definition) is 2. The fourth-order valence-corrected chi connectivity index (χ4v) is 3.92. The maximum Gasteiger partial charge on any atom is 0.0274 e. The Kier molecular flexibility index (Phi) is 4.14. The summed E-state index contributed by atoms with van der Waals surface area (Å²) in [6, 6.07) is 1.48. The van der Waals surface area contributed by atoms with Gasteiger partial charge in [0.05, 0.1) is 0 Å². The minimum atomic E-state index is 0.474. The molecule has 0 radical (unpaired) electrons. The van der Waals surface area contributed by atoms with Crippen molar-refractivity contribution in [1.29, 1.82) is 0 Å². The van der Waals surface area contributed by atoms with Gasteiger partial charge in [-0.1, -0.05) is 27.7 Å². The minimum absolute atomic E-state index is 0.474. The maximum absolute atomic E-state index is 3.76. The van der Waals surface area contributed by atoms with Gasteiger partial charge in [0.1, 0.15) is 0 Å². The van der Waals surface area contributed by atoms with E-state index in [-0.39, 0.29) is 0 Å². The van der Waals surface area contributed by atoms with Gasteiger partial charge in [0.15, 0.2) is 0 Å². The molecule has 0 spiro atoms. The number of likely N-dealkylation sites (tertiary alicyclic amines) is 1. The molecule has 0 aromatic heterocycles. The van der Waals surface area contributed by atoms with E-state index in [9.17, 15) is 0 Å². The second-order valence-electron chi connectivity index (χ2n) is 6.87. The fraction of sp³-hybridized carbons (Fsp3) is 1.00. The van der Waals surface area contributed by atoms with Crippen molar-refractivity contribution < 1.29 is 0 Å². The SMILES string of the molecule is CCNC1C(N2CCCC(C)C2)CCC1(C)C. The largest absolute Gasteiger partial charge is 0.312 e. The summed E-state index contributed by atoms with van der Waals surface area (Å²) in [4.78, 5) is 2.77. The van der Waals surface area contributed by atoms with E-state index in [1.54, 1.807) is 0 Å². The van der Waals surface area contributed by atoms with Crippen molar-refractivity contribution in [2.24, 2.45) is 11.3 Å². The van der Waals surface area contributed by atoms with Crippen LogP contribution in [0.2, 0.25) is 0 Å². The van der Waals surface area contributed by atoms with E-state index < -0.39 is 0 Å². The van der Waals surface area contributed by atoms with Crippen molar-refractivity contribution in [2.45, 2.75) is 65.5 Å². The Hall–Kier alpha value is -0.0800. The molecule has 1 saturated heterocycles. The number of piperidine rings is 1. The molecule has 2 fully saturated rings. The molecular weight excluding hydrogens is 208 g/mol. The van der Waals surface area contributed by atoms with E-state index >= 15 is 0 Å². The molecule has 3 unspecified atom stereocenters. The summed E-state index contributed by atoms with van der Waals surface area (Å²) in [6.07, 6.45) is 5.59. The molecule has 0 aromatic carbocycles. The monoisotopic (exact) mass is 238 g/mol. The molecule has 1 saturated carbocycles. The summed E-state index contributed by atoms with van der Waals surface area (Å²) < 4.78 is 0. The Morgan fingerprint density at radius 3 is 2.71 bits per heavy atom. The molecule has 2 nitrogen and oxygen atoms in total. The van der Waals surface area contributed by atoms with Gasteiger partial charge in [-0.25, -0.2) is 0 Å². The van der Waals surface area contributed by atoms with Crippen molar-refractivity contribution in [1.82, 2.24) is 10.2 Å². The molecule has 1 aliphatic carbocycles. The quantitative estimate of drug-likeness (QED) is 0.813. The second kappa shape index (κ2) is 5.27. The summed E-state index contributed by atoms with van der Waals surface area (Å²) in [5.74, 6) is 0.898. The average molecular weight is 238 g/mol. The molecule has 17 heavy (non-hydrogen) atoms. The lowest BCUT2D eigenvalue weighted by molar-refractivity contribution is 0.0995. The average Bonchev–Trinajstić information content (AvgIpc) is 2.56. The Morgan fingerprint density at radius 1 is 1.29 bits per heavy atom. The molecule has 3 atom stereocenters. The third kappa shape index (κ3) is 2.85. The number of nitrogens with zero attached hydrogens (tertiary/aromatic N) is 1. The number of rotatable bonds is 3. The van der Waals surface area contributed by atoms with Crippen LogP contribution < -0.4 is 5.32 Å². The van der Waals surface area contributed by atoms with Gasteiger partial charge in [-0.3, -0.25) is 4.90 Å². The zero-order valence-electron chi connectivity index (χ0n) is 12.1. The van der Waals surface area contributed by atoms with E-state index in [0.717, 1.165) is 18.5 Å². The molecule has 1 heterocycles. The van der Waals surface area contributed by atoms with Gasteiger partial charge in [0.2, 0.25) is 0 Å². The number of hydrogen-bond donors (Lipinski definition) is 1. The Balaban J connectivity index is 2.03. The van der Waals surface area contributed by atoms with E-state index in [1.807, 2.05) is 0 Å². The highest BCUT2D eigenvalue weighted by atomic mass is 15.2. The fourth-order valence-electron chi connectivity index (χ4n) is 3.92. The van der Waals surface area contributed by atoms with Crippen LogP contribution in [0.25, 0.3) is 0 Å². The standard InChI is InChI=1S/C15H30N2/c1-5-16-14-13(8-9-15(14,3)4)17-10-6-7-12(2)11-17/h12-14,16H,5-11H2,1-4H3. The topological polar surface area (TPSA) is 15.3 Å². The highest BCUT2D eigenvalue weighted by Gasteiger charge is 2.44. The second-order valence-corrected chi connectivity index (χ2v) is 6.87. The summed E-state index contributed by atoms with van der Waals surface area (Å²) in [5, 5.41) is 3.76. The smallest absolute Gasteiger partial charge is 0.0274 e. The van der Waals surface area contributed by atoms with Gasteiger partial charge >= 0.3 is 0 Å².